The number of rotatable bonds is 10. The quantitative estimate of drug-likeness (QED) is 0.108. The summed E-state index contributed by atoms with van der Waals surface area (Å²) in [7, 11) is 1.24. The van der Waals surface area contributed by atoms with Crippen molar-refractivity contribution in [3.8, 4) is 5.75 Å². The fourth-order valence-electron chi connectivity index (χ4n) is 2.30. The van der Waals surface area contributed by atoms with Crippen LogP contribution < -0.4 is 4.74 Å². The molecule has 2 rings (SSSR count). The van der Waals surface area contributed by atoms with Crippen molar-refractivity contribution in [2.45, 2.75) is 17.7 Å². The summed E-state index contributed by atoms with van der Waals surface area (Å²) in [4.78, 5) is 22.9. The molecule has 0 aliphatic heterocycles. The van der Waals surface area contributed by atoms with Gasteiger partial charge in [0.05, 0.1) is 34.2 Å². The SMILES string of the molecule is COC(=O)C=Cc1cc(OCCCCSc2ccc(Cl)c(Cl)c2)ccc1[N+](=O)[O-]. The van der Waals surface area contributed by atoms with Crippen molar-refractivity contribution in [3.05, 3.63) is 68.2 Å². The second-order valence-electron chi connectivity index (χ2n) is 5.81. The second kappa shape index (κ2) is 11.7. The van der Waals surface area contributed by atoms with Crippen LogP contribution >= 0.6 is 35.0 Å². The summed E-state index contributed by atoms with van der Waals surface area (Å²) in [5.41, 5.74) is 0.156. The normalized spacial score (nSPS) is 10.9. The molecule has 2 aromatic carbocycles. The monoisotopic (exact) mass is 455 g/mol. The standard InChI is InChI=1S/C20H19Cl2NO5S/c1-27-20(24)9-4-14-12-15(5-8-19(14)23(25)26)28-10-2-3-11-29-16-6-7-17(21)18(22)13-16/h4-9,12-13H,2-3,10-11H2,1H3. The van der Waals surface area contributed by atoms with E-state index < -0.39 is 10.9 Å². The lowest BCUT2D eigenvalue weighted by molar-refractivity contribution is -0.385. The fourth-order valence-corrected chi connectivity index (χ4v) is 3.61. The molecular weight excluding hydrogens is 437 g/mol. The maximum atomic E-state index is 11.2. The van der Waals surface area contributed by atoms with E-state index in [0.717, 1.165) is 29.6 Å². The molecule has 0 saturated heterocycles. The Labute approximate surface area is 182 Å². The first-order valence-corrected chi connectivity index (χ1v) is 10.4. The molecule has 6 nitrogen and oxygen atoms in total. The molecule has 0 aromatic heterocycles. The number of methoxy groups -OCH3 is 1. The molecular formula is C20H19Cl2NO5S. The van der Waals surface area contributed by atoms with Crippen LogP contribution in [0.3, 0.4) is 0 Å². The number of ether oxygens (including phenoxy) is 2. The number of carbonyl (C=O) groups excluding carboxylic acids is 1. The molecule has 0 saturated carbocycles. The van der Waals surface area contributed by atoms with Gasteiger partial charge in [0.15, 0.2) is 0 Å². The van der Waals surface area contributed by atoms with Gasteiger partial charge in [0.25, 0.3) is 5.69 Å². The summed E-state index contributed by atoms with van der Waals surface area (Å²) in [5.74, 6) is 0.802. The zero-order valence-electron chi connectivity index (χ0n) is 15.6. The highest BCUT2D eigenvalue weighted by atomic mass is 35.5. The summed E-state index contributed by atoms with van der Waals surface area (Å²) in [6, 6.07) is 9.96. The van der Waals surface area contributed by atoms with Crippen LogP contribution in [0.15, 0.2) is 47.4 Å². The van der Waals surface area contributed by atoms with E-state index in [1.165, 1.54) is 31.4 Å². The molecule has 2 aromatic rings. The van der Waals surface area contributed by atoms with E-state index in [1.54, 1.807) is 17.8 Å². The van der Waals surface area contributed by atoms with Gasteiger partial charge >= 0.3 is 5.97 Å². The van der Waals surface area contributed by atoms with Crippen molar-refractivity contribution >= 4 is 52.7 Å². The summed E-state index contributed by atoms with van der Waals surface area (Å²) in [6.07, 6.45) is 4.21. The first kappa shape index (κ1) is 23.1. The smallest absolute Gasteiger partial charge is 0.330 e. The van der Waals surface area contributed by atoms with Gasteiger partial charge in [0.2, 0.25) is 0 Å². The number of hydrogen-bond donors (Lipinski definition) is 0. The summed E-state index contributed by atoms with van der Waals surface area (Å²) in [5, 5.41) is 12.2. The fraction of sp³-hybridized carbons (Fsp3) is 0.250. The number of esters is 1. The van der Waals surface area contributed by atoms with Crippen LogP contribution in [0.4, 0.5) is 5.69 Å². The van der Waals surface area contributed by atoms with Gasteiger partial charge in [-0.05, 0) is 55.0 Å². The average Bonchev–Trinajstić information content (AvgIpc) is 2.71. The second-order valence-corrected chi connectivity index (χ2v) is 7.80. The highest BCUT2D eigenvalue weighted by Gasteiger charge is 2.13. The molecule has 29 heavy (non-hydrogen) atoms. The van der Waals surface area contributed by atoms with Gasteiger partial charge in [-0.3, -0.25) is 10.1 Å². The Kier molecular flexibility index (Phi) is 9.31. The van der Waals surface area contributed by atoms with Crippen molar-refractivity contribution in [2.24, 2.45) is 0 Å². The van der Waals surface area contributed by atoms with Crippen molar-refractivity contribution in [2.75, 3.05) is 19.5 Å². The number of hydrogen-bond acceptors (Lipinski definition) is 6. The van der Waals surface area contributed by atoms with Gasteiger partial charge in [0.1, 0.15) is 5.75 Å². The van der Waals surface area contributed by atoms with Crippen LogP contribution in [0.1, 0.15) is 18.4 Å². The lowest BCUT2D eigenvalue weighted by Crippen LogP contribution is -2.00. The number of nitrogens with zero attached hydrogens (tertiary/aromatic N) is 1. The zero-order valence-corrected chi connectivity index (χ0v) is 17.9. The van der Waals surface area contributed by atoms with Crippen LogP contribution in [0, 0.1) is 10.1 Å². The molecule has 0 N–H and O–H groups in total. The predicted octanol–water partition coefficient (Wildman–Crippen LogP) is 6.04. The Morgan fingerprint density at radius 2 is 1.97 bits per heavy atom. The predicted molar refractivity (Wildman–Crippen MR) is 116 cm³/mol. The van der Waals surface area contributed by atoms with Gasteiger partial charge in [-0.1, -0.05) is 23.2 Å². The van der Waals surface area contributed by atoms with Crippen LogP contribution in [0.2, 0.25) is 10.0 Å². The molecule has 0 radical (unpaired) electrons. The molecule has 0 atom stereocenters. The van der Waals surface area contributed by atoms with E-state index in [-0.39, 0.29) is 11.3 Å². The maximum Gasteiger partial charge on any atom is 0.330 e. The molecule has 0 unspecified atom stereocenters. The number of halogens is 2. The number of unbranched alkanes of at least 4 members (excludes halogenated alkanes) is 1. The van der Waals surface area contributed by atoms with Crippen LogP contribution in [-0.4, -0.2) is 30.4 Å². The molecule has 0 amide bonds. The Bertz CT molecular complexity index is 904. The molecule has 0 bridgehead atoms. The van der Waals surface area contributed by atoms with E-state index >= 15 is 0 Å². The minimum atomic E-state index is -0.593. The van der Waals surface area contributed by atoms with E-state index in [0.29, 0.717) is 22.4 Å². The molecule has 0 fully saturated rings. The first-order chi connectivity index (χ1) is 13.9. The van der Waals surface area contributed by atoms with Gasteiger partial charge in [-0.2, -0.15) is 0 Å². The van der Waals surface area contributed by atoms with Gasteiger partial charge in [0, 0.05) is 17.0 Å². The van der Waals surface area contributed by atoms with Crippen LogP contribution in [-0.2, 0) is 9.53 Å². The van der Waals surface area contributed by atoms with Crippen molar-refractivity contribution in [1.29, 1.82) is 0 Å². The lowest BCUT2D eigenvalue weighted by atomic mass is 10.1. The molecule has 0 heterocycles. The molecule has 154 valence electrons. The van der Waals surface area contributed by atoms with Crippen molar-refractivity contribution in [1.82, 2.24) is 0 Å². The van der Waals surface area contributed by atoms with Crippen molar-refractivity contribution < 1.29 is 19.2 Å². The van der Waals surface area contributed by atoms with E-state index in [2.05, 4.69) is 4.74 Å². The van der Waals surface area contributed by atoms with Crippen LogP contribution in [0.25, 0.3) is 6.08 Å². The maximum absolute atomic E-state index is 11.2. The topological polar surface area (TPSA) is 78.7 Å². The van der Waals surface area contributed by atoms with Gasteiger partial charge in [-0.25, -0.2) is 4.79 Å². The summed E-state index contributed by atoms with van der Waals surface area (Å²) in [6.45, 7) is 0.472. The van der Waals surface area contributed by atoms with Crippen molar-refractivity contribution in [3.63, 3.8) is 0 Å². The zero-order chi connectivity index (χ0) is 21.2. The lowest BCUT2D eigenvalue weighted by Gasteiger charge is -2.08. The molecule has 0 aliphatic rings. The van der Waals surface area contributed by atoms with Gasteiger partial charge in [-0.15, -0.1) is 11.8 Å². The Morgan fingerprint density at radius 3 is 2.66 bits per heavy atom. The number of nitro groups is 1. The Morgan fingerprint density at radius 1 is 1.17 bits per heavy atom. The molecule has 0 aliphatic carbocycles. The third kappa shape index (κ3) is 7.61. The minimum absolute atomic E-state index is 0.115. The number of carbonyl (C=O) groups is 1. The summed E-state index contributed by atoms with van der Waals surface area (Å²) < 4.78 is 10.2. The van der Waals surface area contributed by atoms with Crippen LogP contribution in [0.5, 0.6) is 5.75 Å². The minimum Gasteiger partial charge on any atom is -0.494 e. The Balaban J connectivity index is 1.83. The number of nitro benzene ring substituents is 1. The van der Waals surface area contributed by atoms with E-state index in [1.807, 2.05) is 12.1 Å². The molecule has 9 heteroatoms. The third-order valence-electron chi connectivity index (χ3n) is 3.76. The number of benzene rings is 2. The molecule has 0 spiro atoms. The third-order valence-corrected chi connectivity index (χ3v) is 5.58. The highest BCUT2D eigenvalue weighted by Crippen LogP contribution is 2.29. The average molecular weight is 456 g/mol. The first-order valence-electron chi connectivity index (χ1n) is 8.66. The van der Waals surface area contributed by atoms with E-state index in [4.69, 9.17) is 27.9 Å². The summed E-state index contributed by atoms with van der Waals surface area (Å²) >= 11 is 13.6. The Hall–Kier alpha value is -2.22. The largest absolute Gasteiger partial charge is 0.494 e. The van der Waals surface area contributed by atoms with E-state index in [9.17, 15) is 14.9 Å². The highest BCUT2D eigenvalue weighted by molar-refractivity contribution is 7.99. The number of thioether (sulfide) groups is 1. The van der Waals surface area contributed by atoms with Gasteiger partial charge < -0.3 is 9.47 Å².